The predicted octanol–water partition coefficient (Wildman–Crippen LogP) is 3.08. The van der Waals surface area contributed by atoms with E-state index < -0.39 is 39.9 Å². The van der Waals surface area contributed by atoms with Gasteiger partial charge in [-0.3, -0.25) is 4.90 Å². The highest BCUT2D eigenvalue weighted by Gasteiger charge is 2.56. The third-order valence-corrected chi connectivity index (χ3v) is 8.63. The molecule has 40 heavy (non-hydrogen) atoms. The molecule has 224 valence electrons. The molecule has 1 unspecified atom stereocenters. The lowest BCUT2D eigenvalue weighted by Gasteiger charge is -2.34. The van der Waals surface area contributed by atoms with Crippen molar-refractivity contribution in [2.75, 3.05) is 40.3 Å². The summed E-state index contributed by atoms with van der Waals surface area (Å²) in [5, 5.41) is 17.3. The van der Waals surface area contributed by atoms with Crippen molar-refractivity contribution >= 4 is 33.3 Å². The van der Waals surface area contributed by atoms with Crippen molar-refractivity contribution in [3.8, 4) is 0 Å². The molecule has 1 saturated heterocycles. The van der Waals surface area contributed by atoms with Crippen LogP contribution in [0.5, 0.6) is 0 Å². The summed E-state index contributed by atoms with van der Waals surface area (Å²) in [6.07, 6.45) is -7.52. The Kier molecular flexibility index (Phi) is 10.7. The van der Waals surface area contributed by atoms with Gasteiger partial charge in [0.25, 0.3) is 0 Å². The molecule has 1 atom stereocenters. The molecule has 1 aromatic carbocycles. The number of aromatic nitrogens is 1. The Bertz CT molecular complexity index is 1250. The van der Waals surface area contributed by atoms with Crippen LogP contribution in [0.1, 0.15) is 17.0 Å². The van der Waals surface area contributed by atoms with Gasteiger partial charge in [0.2, 0.25) is 10.0 Å². The fraction of sp³-hybridized carbons (Fsp3) is 0.500. The molecule has 0 amide bonds. The molecule has 3 heterocycles. The van der Waals surface area contributed by atoms with Crippen LogP contribution in [-0.4, -0.2) is 102 Å². The molecule has 4 rings (SSSR count). The lowest BCUT2D eigenvalue weighted by atomic mass is 9.89. The van der Waals surface area contributed by atoms with Crippen LogP contribution in [0, 0.1) is 0 Å². The van der Waals surface area contributed by atoms with Crippen LogP contribution in [0.15, 0.2) is 40.7 Å². The number of sulfonamides is 1. The summed E-state index contributed by atoms with van der Waals surface area (Å²) >= 11 is 1.65. The van der Waals surface area contributed by atoms with E-state index in [1.807, 2.05) is 48.8 Å². The number of fused-ring (bicyclic) bond motifs is 2. The molecule has 18 heteroatoms. The van der Waals surface area contributed by atoms with Gasteiger partial charge in [0.15, 0.2) is 0 Å². The number of rotatable bonds is 5. The maximum atomic E-state index is 13.3. The van der Waals surface area contributed by atoms with E-state index in [1.54, 1.807) is 21.7 Å². The van der Waals surface area contributed by atoms with Crippen molar-refractivity contribution in [2.45, 2.75) is 35.8 Å². The number of thiazole rings is 1. The van der Waals surface area contributed by atoms with Gasteiger partial charge in [-0.05, 0) is 32.1 Å². The molecule has 0 aliphatic carbocycles. The Morgan fingerprint density at radius 2 is 1.62 bits per heavy atom. The highest BCUT2D eigenvalue weighted by atomic mass is 32.2. The monoisotopic (exact) mass is 620 g/mol. The standard InChI is InChI=1S/C18H24N4O2S2.2C2HF3O2/c1-20(2)10-11-22-18(15-5-3-4-6-16(15)26(22,23)24)7-9-21(14-18)13-17-19-8-12-25-17;2*3-2(4,5)1(6)7/h3-6,8,12H,7,9-11,13-14H2,1-2H3;2*(H,6,7). The minimum Gasteiger partial charge on any atom is -0.475 e. The molecule has 1 spiro atoms. The van der Waals surface area contributed by atoms with Gasteiger partial charge in [-0.2, -0.15) is 30.6 Å². The molecule has 2 N–H and O–H groups in total. The van der Waals surface area contributed by atoms with Crippen LogP contribution in [0.25, 0.3) is 0 Å². The van der Waals surface area contributed by atoms with Crippen molar-refractivity contribution in [3.63, 3.8) is 0 Å². The lowest BCUT2D eigenvalue weighted by molar-refractivity contribution is -0.193. The molecular formula is C22H26F6N4O6S2. The molecular weight excluding hydrogens is 594 g/mol. The van der Waals surface area contributed by atoms with Crippen LogP contribution in [-0.2, 0) is 31.7 Å². The summed E-state index contributed by atoms with van der Waals surface area (Å²) in [5.74, 6) is -5.51. The lowest BCUT2D eigenvalue weighted by Crippen LogP contribution is -2.48. The maximum Gasteiger partial charge on any atom is 0.490 e. The van der Waals surface area contributed by atoms with E-state index in [-0.39, 0.29) is 0 Å². The van der Waals surface area contributed by atoms with E-state index in [1.165, 1.54) is 0 Å². The van der Waals surface area contributed by atoms with E-state index in [2.05, 4.69) is 9.88 Å². The quantitative estimate of drug-likeness (QED) is 0.485. The van der Waals surface area contributed by atoms with Crippen LogP contribution in [0.2, 0.25) is 0 Å². The first-order valence-corrected chi connectivity index (χ1v) is 13.6. The molecule has 2 aliphatic rings. The minimum absolute atomic E-state index is 0.456. The highest BCUT2D eigenvalue weighted by molar-refractivity contribution is 7.89. The third-order valence-electron chi connectivity index (χ3n) is 5.84. The molecule has 1 aromatic heterocycles. The van der Waals surface area contributed by atoms with Gasteiger partial charge < -0.3 is 15.1 Å². The van der Waals surface area contributed by atoms with Gasteiger partial charge in [-0.15, -0.1) is 11.3 Å². The topological polar surface area (TPSA) is 131 Å². The average Bonchev–Trinajstić information content (AvgIpc) is 3.53. The number of carboxylic acids is 2. The summed E-state index contributed by atoms with van der Waals surface area (Å²) in [6.45, 7) is 3.60. The molecule has 10 nitrogen and oxygen atoms in total. The summed E-state index contributed by atoms with van der Waals surface area (Å²) in [4.78, 5) is 27.0. The number of nitrogens with zero attached hydrogens (tertiary/aromatic N) is 4. The molecule has 2 aliphatic heterocycles. The van der Waals surface area contributed by atoms with Gasteiger partial charge >= 0.3 is 24.3 Å². The first kappa shape index (κ1) is 33.4. The Hall–Kier alpha value is -2.80. The number of likely N-dealkylation sites (tertiary alicyclic amines) is 1. The number of alkyl halides is 6. The normalized spacial score (nSPS) is 20.4. The number of hydrogen-bond donors (Lipinski definition) is 2. The van der Waals surface area contributed by atoms with Gasteiger partial charge in [-0.1, -0.05) is 18.2 Å². The van der Waals surface area contributed by atoms with E-state index in [4.69, 9.17) is 19.8 Å². The second-order valence-corrected chi connectivity index (χ2v) is 11.7. The zero-order chi connectivity index (χ0) is 30.5. The summed E-state index contributed by atoms with van der Waals surface area (Å²) in [7, 11) is 0.504. The first-order chi connectivity index (χ1) is 18.3. The third kappa shape index (κ3) is 8.12. The maximum absolute atomic E-state index is 13.3. The van der Waals surface area contributed by atoms with Crippen molar-refractivity contribution in [2.24, 2.45) is 0 Å². The van der Waals surface area contributed by atoms with Crippen LogP contribution in [0.3, 0.4) is 0 Å². The fourth-order valence-corrected chi connectivity index (χ4v) is 6.85. The second-order valence-electron chi connectivity index (χ2n) is 8.90. The number of benzene rings is 1. The minimum atomic E-state index is -5.08. The SMILES string of the molecule is CN(C)CCN1C2(CCN(Cc3nccs3)C2)c2ccccc2S1(=O)=O.O=C(O)C(F)(F)F.O=C(O)C(F)(F)F. The fourth-order valence-electron chi connectivity index (χ4n) is 4.14. The molecule has 2 aromatic rings. The zero-order valence-corrected chi connectivity index (χ0v) is 22.7. The van der Waals surface area contributed by atoms with E-state index in [0.717, 1.165) is 36.6 Å². The Balaban J connectivity index is 0.000000333. The van der Waals surface area contributed by atoms with E-state index in [0.29, 0.717) is 18.0 Å². The Morgan fingerprint density at radius 1 is 1.07 bits per heavy atom. The van der Waals surface area contributed by atoms with Crippen LogP contribution >= 0.6 is 11.3 Å². The van der Waals surface area contributed by atoms with Crippen LogP contribution < -0.4 is 0 Å². The van der Waals surface area contributed by atoms with Gasteiger partial charge in [0, 0.05) is 37.8 Å². The second kappa shape index (κ2) is 12.8. The number of carbonyl (C=O) groups is 2. The molecule has 0 bridgehead atoms. The van der Waals surface area contributed by atoms with Gasteiger partial charge in [-0.25, -0.2) is 23.0 Å². The van der Waals surface area contributed by atoms with Gasteiger partial charge in [0.1, 0.15) is 5.01 Å². The highest BCUT2D eigenvalue weighted by Crippen LogP contribution is 2.49. The van der Waals surface area contributed by atoms with E-state index >= 15 is 0 Å². The summed E-state index contributed by atoms with van der Waals surface area (Å²) in [5.41, 5.74) is 0.503. The smallest absolute Gasteiger partial charge is 0.475 e. The van der Waals surface area contributed by atoms with Crippen LogP contribution in [0.4, 0.5) is 26.3 Å². The first-order valence-electron chi connectivity index (χ1n) is 11.3. The number of carboxylic acid groups (broad SMARTS) is 2. The average molecular weight is 621 g/mol. The summed E-state index contributed by atoms with van der Waals surface area (Å²) in [6, 6.07) is 7.53. The number of likely N-dealkylation sites (N-methyl/N-ethyl adjacent to an activating group) is 1. The predicted molar refractivity (Wildman–Crippen MR) is 130 cm³/mol. The summed E-state index contributed by atoms with van der Waals surface area (Å²) < 4.78 is 91.7. The largest absolute Gasteiger partial charge is 0.490 e. The Morgan fingerprint density at radius 3 is 2.10 bits per heavy atom. The van der Waals surface area contributed by atoms with Crippen molar-refractivity contribution < 1.29 is 54.6 Å². The van der Waals surface area contributed by atoms with Crippen molar-refractivity contribution in [3.05, 3.63) is 46.4 Å². The van der Waals surface area contributed by atoms with Crippen molar-refractivity contribution in [1.82, 2.24) is 19.1 Å². The molecule has 0 radical (unpaired) electrons. The van der Waals surface area contributed by atoms with Crippen molar-refractivity contribution in [1.29, 1.82) is 0 Å². The number of hydrogen-bond acceptors (Lipinski definition) is 8. The van der Waals surface area contributed by atoms with Gasteiger partial charge in [0.05, 0.1) is 17.0 Å². The number of halogens is 6. The zero-order valence-electron chi connectivity index (χ0n) is 21.1. The Labute approximate surface area is 229 Å². The molecule has 0 saturated carbocycles. The molecule has 1 fully saturated rings. The van der Waals surface area contributed by atoms with E-state index in [9.17, 15) is 34.8 Å². The number of aliphatic carboxylic acids is 2.